The number of carbonyl (C=O) groups excluding carboxylic acids is 1. The van der Waals surface area contributed by atoms with E-state index in [1.807, 2.05) is 7.05 Å². The molecule has 0 radical (unpaired) electrons. The van der Waals surface area contributed by atoms with E-state index in [0.29, 0.717) is 18.8 Å². The first-order valence-corrected chi connectivity index (χ1v) is 4.46. The van der Waals surface area contributed by atoms with Crippen LogP contribution in [0, 0.1) is 0 Å². The van der Waals surface area contributed by atoms with Crippen molar-refractivity contribution in [2.45, 2.75) is 19.4 Å². The van der Waals surface area contributed by atoms with Gasteiger partial charge in [-0.05, 0) is 20.0 Å². The van der Waals surface area contributed by atoms with Gasteiger partial charge in [-0.3, -0.25) is 4.79 Å². The molecule has 0 saturated carbocycles. The molecule has 0 aliphatic heterocycles. The summed E-state index contributed by atoms with van der Waals surface area (Å²) in [6, 6.07) is 0. The van der Waals surface area contributed by atoms with Crippen molar-refractivity contribution in [2.24, 2.45) is 0 Å². The zero-order valence-corrected chi connectivity index (χ0v) is 8.08. The summed E-state index contributed by atoms with van der Waals surface area (Å²) in [6.45, 7) is 1.17. The van der Waals surface area contributed by atoms with Crippen molar-refractivity contribution in [1.82, 2.24) is 31.3 Å². The molecule has 0 atom stereocenters. The Kier molecular flexibility index (Phi) is 4.56. The second-order valence-corrected chi connectivity index (χ2v) is 2.81. The SMILES string of the molecule is CNCCCC(=O)NCc1nn[nH]n1. The maximum atomic E-state index is 11.2. The van der Waals surface area contributed by atoms with Crippen LogP contribution in [-0.4, -0.2) is 40.1 Å². The Morgan fingerprint density at radius 3 is 3.07 bits per heavy atom. The van der Waals surface area contributed by atoms with Crippen LogP contribution in [0.5, 0.6) is 0 Å². The lowest BCUT2D eigenvalue weighted by Gasteiger charge is -2.01. The fourth-order valence-corrected chi connectivity index (χ4v) is 0.949. The highest BCUT2D eigenvalue weighted by Crippen LogP contribution is 1.88. The Morgan fingerprint density at radius 2 is 2.43 bits per heavy atom. The quantitative estimate of drug-likeness (QED) is 0.500. The molecule has 14 heavy (non-hydrogen) atoms. The van der Waals surface area contributed by atoms with Crippen molar-refractivity contribution in [3.63, 3.8) is 0 Å². The van der Waals surface area contributed by atoms with Crippen molar-refractivity contribution < 1.29 is 4.79 Å². The lowest BCUT2D eigenvalue weighted by atomic mass is 10.3. The number of tetrazole rings is 1. The highest BCUT2D eigenvalue weighted by molar-refractivity contribution is 5.75. The monoisotopic (exact) mass is 198 g/mol. The molecule has 3 N–H and O–H groups in total. The van der Waals surface area contributed by atoms with Gasteiger partial charge < -0.3 is 10.6 Å². The molecule has 0 fully saturated rings. The van der Waals surface area contributed by atoms with Gasteiger partial charge >= 0.3 is 0 Å². The number of H-pyrrole nitrogens is 1. The number of hydrogen-bond acceptors (Lipinski definition) is 5. The standard InChI is InChI=1S/C7H14N6O/c1-8-4-2-3-7(14)9-5-6-10-12-13-11-6/h8H,2-5H2,1H3,(H,9,14)(H,10,11,12,13). The molecule has 1 heterocycles. The molecule has 7 heteroatoms. The van der Waals surface area contributed by atoms with E-state index in [9.17, 15) is 4.79 Å². The predicted molar refractivity (Wildman–Crippen MR) is 49.2 cm³/mol. The zero-order valence-electron chi connectivity index (χ0n) is 8.08. The highest BCUT2D eigenvalue weighted by atomic mass is 16.1. The molecule has 0 bridgehead atoms. The van der Waals surface area contributed by atoms with E-state index < -0.39 is 0 Å². The summed E-state index contributed by atoms with van der Waals surface area (Å²) in [4.78, 5) is 11.2. The average Bonchev–Trinajstić information content (AvgIpc) is 2.68. The Labute approximate surface area is 81.7 Å². The first-order valence-electron chi connectivity index (χ1n) is 4.46. The average molecular weight is 198 g/mol. The normalized spacial score (nSPS) is 10.1. The molecule has 1 rings (SSSR count). The van der Waals surface area contributed by atoms with Gasteiger partial charge in [0.15, 0.2) is 5.82 Å². The van der Waals surface area contributed by atoms with Gasteiger partial charge in [-0.15, -0.1) is 10.2 Å². The predicted octanol–water partition coefficient (Wildman–Crippen LogP) is -1.18. The van der Waals surface area contributed by atoms with Crippen LogP contribution in [0.15, 0.2) is 0 Å². The van der Waals surface area contributed by atoms with Crippen LogP contribution < -0.4 is 10.6 Å². The molecule has 0 saturated heterocycles. The summed E-state index contributed by atoms with van der Waals surface area (Å²) in [7, 11) is 1.86. The Hall–Kier alpha value is -1.50. The minimum Gasteiger partial charge on any atom is -0.349 e. The van der Waals surface area contributed by atoms with E-state index in [1.165, 1.54) is 0 Å². The van der Waals surface area contributed by atoms with Gasteiger partial charge in [0.05, 0.1) is 6.54 Å². The molecule has 7 nitrogen and oxygen atoms in total. The van der Waals surface area contributed by atoms with E-state index >= 15 is 0 Å². The molecular weight excluding hydrogens is 184 g/mol. The van der Waals surface area contributed by atoms with Crippen molar-refractivity contribution >= 4 is 5.91 Å². The van der Waals surface area contributed by atoms with Crippen molar-refractivity contribution in [3.05, 3.63) is 5.82 Å². The molecule has 1 aromatic heterocycles. The molecule has 1 amide bonds. The van der Waals surface area contributed by atoms with Gasteiger partial charge in [0.1, 0.15) is 0 Å². The van der Waals surface area contributed by atoms with Crippen LogP contribution in [0.2, 0.25) is 0 Å². The fourth-order valence-electron chi connectivity index (χ4n) is 0.949. The fraction of sp³-hybridized carbons (Fsp3) is 0.714. The van der Waals surface area contributed by atoms with Crippen molar-refractivity contribution in [2.75, 3.05) is 13.6 Å². The number of rotatable bonds is 6. The van der Waals surface area contributed by atoms with E-state index in [4.69, 9.17) is 0 Å². The van der Waals surface area contributed by atoms with Gasteiger partial charge in [-0.25, -0.2) is 0 Å². The van der Waals surface area contributed by atoms with Crippen LogP contribution in [0.4, 0.5) is 0 Å². The van der Waals surface area contributed by atoms with Gasteiger partial charge in [0.2, 0.25) is 5.91 Å². The summed E-state index contributed by atoms with van der Waals surface area (Å²) in [5, 5.41) is 18.8. The van der Waals surface area contributed by atoms with Crippen LogP contribution in [0.25, 0.3) is 0 Å². The number of nitrogens with one attached hydrogen (secondary N) is 3. The van der Waals surface area contributed by atoms with Crippen molar-refractivity contribution in [3.8, 4) is 0 Å². The number of carbonyl (C=O) groups is 1. The third kappa shape index (κ3) is 3.94. The third-order valence-electron chi connectivity index (χ3n) is 1.66. The lowest BCUT2D eigenvalue weighted by Crippen LogP contribution is -2.24. The second-order valence-electron chi connectivity index (χ2n) is 2.81. The van der Waals surface area contributed by atoms with Crippen LogP contribution in [0.1, 0.15) is 18.7 Å². The van der Waals surface area contributed by atoms with E-state index in [0.717, 1.165) is 13.0 Å². The highest BCUT2D eigenvalue weighted by Gasteiger charge is 2.02. The Morgan fingerprint density at radius 1 is 1.57 bits per heavy atom. The smallest absolute Gasteiger partial charge is 0.220 e. The molecule has 0 unspecified atom stereocenters. The van der Waals surface area contributed by atoms with Gasteiger partial charge in [-0.2, -0.15) is 5.21 Å². The maximum absolute atomic E-state index is 11.2. The van der Waals surface area contributed by atoms with Gasteiger partial charge in [-0.1, -0.05) is 5.21 Å². The molecule has 0 spiro atoms. The van der Waals surface area contributed by atoms with E-state index in [-0.39, 0.29) is 5.91 Å². The third-order valence-corrected chi connectivity index (χ3v) is 1.66. The number of aromatic amines is 1. The maximum Gasteiger partial charge on any atom is 0.220 e. The van der Waals surface area contributed by atoms with Crippen LogP contribution in [-0.2, 0) is 11.3 Å². The summed E-state index contributed by atoms with van der Waals surface area (Å²) >= 11 is 0. The van der Waals surface area contributed by atoms with Crippen LogP contribution >= 0.6 is 0 Å². The molecule has 0 aromatic carbocycles. The van der Waals surface area contributed by atoms with E-state index in [2.05, 4.69) is 31.3 Å². The lowest BCUT2D eigenvalue weighted by molar-refractivity contribution is -0.121. The summed E-state index contributed by atoms with van der Waals surface area (Å²) < 4.78 is 0. The number of amides is 1. The minimum absolute atomic E-state index is 0.00468. The molecule has 78 valence electrons. The number of hydrogen-bond donors (Lipinski definition) is 3. The topological polar surface area (TPSA) is 95.6 Å². The summed E-state index contributed by atoms with van der Waals surface area (Å²) in [5.41, 5.74) is 0. The summed E-state index contributed by atoms with van der Waals surface area (Å²) in [5.74, 6) is 0.497. The molecule has 1 aromatic rings. The Bertz CT molecular complexity index is 259. The minimum atomic E-state index is 0.00468. The van der Waals surface area contributed by atoms with Crippen LogP contribution in [0.3, 0.4) is 0 Å². The first kappa shape index (κ1) is 10.6. The molecule has 0 aliphatic rings. The Balaban J connectivity index is 2.09. The van der Waals surface area contributed by atoms with Crippen molar-refractivity contribution in [1.29, 1.82) is 0 Å². The first-order chi connectivity index (χ1) is 6.83. The second kappa shape index (κ2) is 6.03. The zero-order chi connectivity index (χ0) is 10.2. The van der Waals surface area contributed by atoms with Gasteiger partial charge in [0, 0.05) is 6.42 Å². The van der Waals surface area contributed by atoms with Gasteiger partial charge in [0.25, 0.3) is 0 Å². The molecule has 0 aliphatic carbocycles. The number of aromatic nitrogens is 4. The number of nitrogens with zero attached hydrogens (tertiary/aromatic N) is 3. The summed E-state index contributed by atoms with van der Waals surface area (Å²) in [6.07, 6.45) is 1.34. The van der Waals surface area contributed by atoms with E-state index in [1.54, 1.807) is 0 Å². The largest absolute Gasteiger partial charge is 0.349 e. The molecular formula is C7H14N6O.